The third kappa shape index (κ3) is 3.18. The van der Waals surface area contributed by atoms with Crippen molar-refractivity contribution in [2.45, 2.75) is 38.1 Å². The second-order valence-corrected chi connectivity index (χ2v) is 6.77. The normalized spacial score (nSPS) is 21.7. The molecule has 3 rings (SSSR count). The molecule has 2 aliphatic rings. The summed E-state index contributed by atoms with van der Waals surface area (Å²) in [6.07, 6.45) is 3.96. The van der Waals surface area contributed by atoms with Crippen molar-refractivity contribution >= 4 is 5.97 Å². The molecule has 2 fully saturated rings. The fourth-order valence-corrected chi connectivity index (χ4v) is 3.55. The summed E-state index contributed by atoms with van der Waals surface area (Å²) < 4.78 is 5.16. The summed E-state index contributed by atoms with van der Waals surface area (Å²) >= 11 is 0. The van der Waals surface area contributed by atoms with Crippen molar-refractivity contribution < 1.29 is 14.6 Å². The van der Waals surface area contributed by atoms with Gasteiger partial charge in [-0.3, -0.25) is 9.69 Å². The van der Waals surface area contributed by atoms with E-state index >= 15 is 0 Å². The summed E-state index contributed by atoms with van der Waals surface area (Å²) in [6, 6.07) is 8.71. The van der Waals surface area contributed by atoms with Crippen LogP contribution in [-0.2, 0) is 16.1 Å². The largest absolute Gasteiger partial charge is 0.481 e. The van der Waals surface area contributed by atoms with E-state index in [0.29, 0.717) is 19.4 Å². The molecule has 0 bridgehead atoms. The zero-order valence-corrected chi connectivity index (χ0v) is 13.3. The molecule has 1 saturated heterocycles. The summed E-state index contributed by atoms with van der Waals surface area (Å²) in [5, 5.41) is 9.52. The van der Waals surface area contributed by atoms with E-state index in [1.807, 2.05) is 0 Å². The van der Waals surface area contributed by atoms with Crippen molar-refractivity contribution in [2.24, 2.45) is 5.41 Å². The molecule has 1 aromatic rings. The van der Waals surface area contributed by atoms with E-state index in [-0.39, 0.29) is 0 Å². The maximum absolute atomic E-state index is 11.6. The van der Waals surface area contributed by atoms with Crippen LogP contribution in [0.5, 0.6) is 0 Å². The Morgan fingerprint density at radius 3 is 2.59 bits per heavy atom. The Labute approximate surface area is 132 Å². The van der Waals surface area contributed by atoms with Gasteiger partial charge in [-0.15, -0.1) is 0 Å². The number of aliphatic carboxylic acids is 1. The number of benzene rings is 1. The van der Waals surface area contributed by atoms with Gasteiger partial charge in [0, 0.05) is 13.7 Å². The molecule has 0 radical (unpaired) electrons. The predicted molar refractivity (Wildman–Crippen MR) is 84.9 cm³/mol. The number of carbonyl (C=O) groups is 1. The average molecular weight is 303 g/mol. The van der Waals surface area contributed by atoms with Gasteiger partial charge >= 0.3 is 5.97 Å². The summed E-state index contributed by atoms with van der Waals surface area (Å²) in [4.78, 5) is 14.0. The van der Waals surface area contributed by atoms with Gasteiger partial charge in [0.15, 0.2) is 0 Å². The first-order chi connectivity index (χ1) is 10.6. The van der Waals surface area contributed by atoms with Crippen LogP contribution in [0, 0.1) is 5.41 Å². The van der Waals surface area contributed by atoms with E-state index in [4.69, 9.17) is 4.74 Å². The fraction of sp³-hybridized carbons (Fsp3) is 0.611. The first-order valence-electron chi connectivity index (χ1n) is 8.17. The number of carboxylic acids is 1. The molecule has 0 amide bonds. The average Bonchev–Trinajstić information content (AvgIpc) is 3.35. The van der Waals surface area contributed by atoms with Crippen LogP contribution in [-0.4, -0.2) is 42.8 Å². The third-order valence-electron chi connectivity index (χ3n) is 5.15. The minimum atomic E-state index is -0.715. The van der Waals surface area contributed by atoms with Crippen LogP contribution in [0.2, 0.25) is 0 Å². The predicted octanol–water partition coefficient (Wildman–Crippen LogP) is 2.88. The molecular formula is C18H25NO3. The summed E-state index contributed by atoms with van der Waals surface area (Å²) in [6.45, 7) is 2.91. The van der Waals surface area contributed by atoms with Gasteiger partial charge in [0.2, 0.25) is 0 Å². The van der Waals surface area contributed by atoms with Crippen LogP contribution in [0.1, 0.15) is 42.7 Å². The number of hydrogen-bond donors (Lipinski definition) is 1. The van der Waals surface area contributed by atoms with Crippen LogP contribution < -0.4 is 0 Å². The van der Waals surface area contributed by atoms with Crippen LogP contribution in [0.3, 0.4) is 0 Å². The zero-order valence-electron chi connectivity index (χ0n) is 13.3. The van der Waals surface area contributed by atoms with E-state index < -0.39 is 11.4 Å². The first kappa shape index (κ1) is 15.5. The van der Waals surface area contributed by atoms with Gasteiger partial charge in [0.25, 0.3) is 0 Å². The highest BCUT2D eigenvalue weighted by molar-refractivity contribution is 5.75. The monoisotopic (exact) mass is 303 g/mol. The minimum Gasteiger partial charge on any atom is -0.481 e. The number of ether oxygens (including phenoxy) is 1. The molecule has 0 aromatic heterocycles. The molecule has 22 heavy (non-hydrogen) atoms. The zero-order chi connectivity index (χ0) is 15.6. The molecule has 0 unspecified atom stereocenters. The van der Waals surface area contributed by atoms with Crippen LogP contribution in [0.25, 0.3) is 0 Å². The minimum absolute atomic E-state index is 0.314. The maximum atomic E-state index is 11.6. The molecule has 1 saturated carbocycles. The van der Waals surface area contributed by atoms with Crippen molar-refractivity contribution in [1.82, 2.24) is 4.90 Å². The lowest BCUT2D eigenvalue weighted by atomic mass is 9.79. The van der Waals surface area contributed by atoms with Crippen molar-refractivity contribution in [3.63, 3.8) is 0 Å². The summed E-state index contributed by atoms with van der Waals surface area (Å²) in [7, 11) is 1.59. The Morgan fingerprint density at radius 1 is 1.32 bits per heavy atom. The van der Waals surface area contributed by atoms with E-state index in [1.165, 1.54) is 24.0 Å². The second kappa shape index (κ2) is 6.39. The highest BCUT2D eigenvalue weighted by atomic mass is 16.5. The third-order valence-corrected chi connectivity index (χ3v) is 5.15. The Balaban J connectivity index is 1.63. The van der Waals surface area contributed by atoms with Gasteiger partial charge in [-0.05, 0) is 55.8 Å². The van der Waals surface area contributed by atoms with E-state index in [2.05, 4.69) is 29.2 Å². The van der Waals surface area contributed by atoms with Crippen molar-refractivity contribution in [1.29, 1.82) is 0 Å². The van der Waals surface area contributed by atoms with Gasteiger partial charge in [0.05, 0.1) is 12.0 Å². The highest BCUT2D eigenvalue weighted by Gasteiger charge is 2.41. The summed E-state index contributed by atoms with van der Waals surface area (Å²) in [5.41, 5.74) is 2.22. The van der Waals surface area contributed by atoms with Crippen molar-refractivity contribution in [3.8, 4) is 0 Å². The lowest BCUT2D eigenvalue weighted by Gasteiger charge is -2.38. The quantitative estimate of drug-likeness (QED) is 0.878. The molecule has 0 atom stereocenters. The molecule has 120 valence electrons. The van der Waals surface area contributed by atoms with Crippen LogP contribution >= 0.6 is 0 Å². The fourth-order valence-electron chi connectivity index (χ4n) is 3.55. The lowest BCUT2D eigenvalue weighted by Crippen LogP contribution is -2.46. The van der Waals surface area contributed by atoms with Crippen molar-refractivity contribution in [3.05, 3.63) is 35.4 Å². The maximum Gasteiger partial charge on any atom is 0.312 e. The first-order valence-corrected chi connectivity index (χ1v) is 8.17. The Bertz CT molecular complexity index is 531. The standard InChI is InChI=1S/C18H25NO3/c1-22-13-18(17(20)21)8-10-19(11-9-18)12-15-4-2-3-5-16(15)14-6-7-14/h2-5,14H,6-13H2,1H3,(H,20,21). The van der Waals surface area contributed by atoms with Gasteiger partial charge < -0.3 is 9.84 Å². The van der Waals surface area contributed by atoms with E-state index in [0.717, 1.165) is 25.6 Å². The molecular weight excluding hydrogens is 278 g/mol. The lowest BCUT2D eigenvalue weighted by molar-refractivity contribution is -0.156. The number of hydrogen-bond acceptors (Lipinski definition) is 3. The molecule has 4 heteroatoms. The Kier molecular flexibility index (Phi) is 4.50. The number of methoxy groups -OCH3 is 1. The van der Waals surface area contributed by atoms with Crippen LogP contribution in [0.4, 0.5) is 0 Å². The van der Waals surface area contributed by atoms with Crippen molar-refractivity contribution in [2.75, 3.05) is 26.8 Å². The molecule has 1 heterocycles. The number of piperidine rings is 1. The molecule has 1 aromatic carbocycles. The molecule has 1 aliphatic heterocycles. The highest BCUT2D eigenvalue weighted by Crippen LogP contribution is 2.42. The van der Waals surface area contributed by atoms with E-state index in [1.54, 1.807) is 7.11 Å². The molecule has 0 spiro atoms. The SMILES string of the molecule is COCC1(C(=O)O)CCN(Cc2ccccc2C2CC2)CC1. The van der Waals surface area contributed by atoms with Gasteiger partial charge in [0.1, 0.15) is 0 Å². The van der Waals surface area contributed by atoms with Crippen LogP contribution in [0.15, 0.2) is 24.3 Å². The topological polar surface area (TPSA) is 49.8 Å². The molecule has 1 aliphatic carbocycles. The smallest absolute Gasteiger partial charge is 0.312 e. The van der Waals surface area contributed by atoms with Gasteiger partial charge in [-0.25, -0.2) is 0 Å². The number of likely N-dealkylation sites (tertiary alicyclic amines) is 1. The van der Waals surface area contributed by atoms with Gasteiger partial charge in [-0.1, -0.05) is 24.3 Å². The number of carboxylic acid groups (broad SMARTS) is 1. The summed E-state index contributed by atoms with van der Waals surface area (Å²) in [5.74, 6) is 0.0416. The number of nitrogens with zero attached hydrogens (tertiary/aromatic N) is 1. The van der Waals surface area contributed by atoms with Gasteiger partial charge in [-0.2, -0.15) is 0 Å². The Hall–Kier alpha value is -1.39. The second-order valence-electron chi connectivity index (χ2n) is 6.77. The number of rotatable bonds is 6. The molecule has 4 nitrogen and oxygen atoms in total. The van der Waals surface area contributed by atoms with E-state index in [9.17, 15) is 9.90 Å². The molecule has 1 N–H and O–H groups in total. The Morgan fingerprint density at radius 2 is 2.00 bits per heavy atom.